The van der Waals surface area contributed by atoms with Crippen molar-refractivity contribution in [1.82, 2.24) is 19.7 Å². The summed E-state index contributed by atoms with van der Waals surface area (Å²) >= 11 is 0. The molecule has 3 atom stereocenters. The zero-order valence-electron chi connectivity index (χ0n) is 16.5. The van der Waals surface area contributed by atoms with Crippen LogP contribution in [0.25, 0.3) is 0 Å². The molecule has 0 aliphatic carbocycles. The molecule has 1 fully saturated rings. The second-order valence-electron chi connectivity index (χ2n) is 7.68. The summed E-state index contributed by atoms with van der Waals surface area (Å²) in [5, 5.41) is 7.23. The van der Waals surface area contributed by atoms with Crippen molar-refractivity contribution in [3.8, 4) is 0 Å². The maximum Gasteiger partial charge on any atom is 0.241 e. The van der Waals surface area contributed by atoms with Gasteiger partial charge >= 0.3 is 0 Å². The highest BCUT2D eigenvalue weighted by Gasteiger charge is 2.34. The third-order valence-corrected chi connectivity index (χ3v) is 4.75. The fourth-order valence-corrected chi connectivity index (χ4v) is 3.80. The van der Waals surface area contributed by atoms with E-state index in [9.17, 15) is 4.79 Å². The van der Waals surface area contributed by atoms with E-state index >= 15 is 0 Å². The van der Waals surface area contributed by atoms with Crippen LogP contribution in [0.2, 0.25) is 0 Å². The monoisotopic (exact) mass is 371 g/mol. The van der Waals surface area contributed by atoms with E-state index in [1.807, 2.05) is 24.3 Å². The Morgan fingerprint density at radius 3 is 2.67 bits per heavy atom. The highest BCUT2D eigenvalue weighted by molar-refractivity contribution is 5.95. The number of morpholine rings is 1. The molecular weight excluding hydrogens is 342 g/mol. The summed E-state index contributed by atoms with van der Waals surface area (Å²) in [4.78, 5) is 19.3. The molecule has 146 valence electrons. The van der Waals surface area contributed by atoms with Gasteiger partial charge in [-0.15, -0.1) is 0 Å². The Bertz CT molecular complexity index is 737. The largest absolute Gasteiger partial charge is 0.373 e. The summed E-state index contributed by atoms with van der Waals surface area (Å²) in [6.45, 7) is 10.5. The Balaban J connectivity index is 1.70. The Labute approximate surface area is 160 Å². The van der Waals surface area contributed by atoms with Gasteiger partial charge in [0.15, 0.2) is 0 Å². The quantitative estimate of drug-likeness (QED) is 0.844. The van der Waals surface area contributed by atoms with Crippen molar-refractivity contribution in [2.45, 2.75) is 52.5 Å². The molecule has 0 unspecified atom stereocenters. The van der Waals surface area contributed by atoms with Gasteiger partial charge in [-0.2, -0.15) is 5.10 Å². The van der Waals surface area contributed by atoms with Crippen LogP contribution in [0.1, 0.15) is 33.3 Å². The molecular formula is C20H29N5O2. The number of hydrogen-bond acceptors (Lipinski definition) is 5. The van der Waals surface area contributed by atoms with Crippen molar-refractivity contribution in [3.05, 3.63) is 42.5 Å². The second-order valence-corrected chi connectivity index (χ2v) is 7.68. The molecule has 1 aliphatic rings. The Hall–Kier alpha value is -2.25. The molecule has 1 aromatic carbocycles. The third kappa shape index (κ3) is 5.14. The zero-order valence-corrected chi connectivity index (χ0v) is 16.5. The van der Waals surface area contributed by atoms with E-state index in [0.717, 1.165) is 24.3 Å². The van der Waals surface area contributed by atoms with Gasteiger partial charge in [0, 0.05) is 18.8 Å². The molecule has 1 N–H and O–H groups in total. The molecule has 7 nitrogen and oxygen atoms in total. The van der Waals surface area contributed by atoms with Gasteiger partial charge in [0.1, 0.15) is 12.7 Å². The maximum absolute atomic E-state index is 13.1. The van der Waals surface area contributed by atoms with E-state index in [-0.39, 0.29) is 30.1 Å². The molecule has 0 radical (unpaired) electrons. The number of hydrogen-bond donors (Lipinski definition) is 1. The number of benzene rings is 1. The number of ether oxygens (including phenoxy) is 1. The highest BCUT2D eigenvalue weighted by atomic mass is 16.5. The number of rotatable bonds is 6. The molecule has 2 heterocycles. The average Bonchev–Trinajstić information content (AvgIpc) is 3.07. The van der Waals surface area contributed by atoms with E-state index in [1.165, 1.54) is 6.33 Å². The summed E-state index contributed by atoms with van der Waals surface area (Å²) in [5.74, 6) is 0.241. The van der Waals surface area contributed by atoms with Crippen LogP contribution in [0.3, 0.4) is 0 Å². The number of carbonyl (C=O) groups excluding carboxylic acids is 1. The van der Waals surface area contributed by atoms with E-state index in [2.05, 4.69) is 48.0 Å². The average molecular weight is 371 g/mol. The van der Waals surface area contributed by atoms with Crippen LogP contribution in [-0.2, 0) is 16.1 Å². The summed E-state index contributed by atoms with van der Waals surface area (Å²) in [6.07, 6.45) is 3.46. The van der Waals surface area contributed by atoms with Crippen LogP contribution in [0.15, 0.2) is 36.9 Å². The van der Waals surface area contributed by atoms with Gasteiger partial charge in [0.2, 0.25) is 5.91 Å². The predicted octanol–water partition coefficient (Wildman–Crippen LogP) is 2.40. The van der Waals surface area contributed by atoms with E-state index in [4.69, 9.17) is 4.74 Å². The molecule has 1 saturated heterocycles. The fourth-order valence-electron chi connectivity index (χ4n) is 3.80. The SMILES string of the molecule is CC(C)[C@@H](C(=O)Nc1cccc(Cn2cncn2)c1)N1C[C@@H](C)O[C@@H](C)C1. The first kappa shape index (κ1) is 19.5. The van der Waals surface area contributed by atoms with Crippen molar-refractivity contribution < 1.29 is 9.53 Å². The van der Waals surface area contributed by atoms with Crippen LogP contribution in [0.4, 0.5) is 5.69 Å². The van der Waals surface area contributed by atoms with Crippen LogP contribution < -0.4 is 5.32 Å². The molecule has 7 heteroatoms. The lowest BCUT2D eigenvalue weighted by atomic mass is 9.99. The van der Waals surface area contributed by atoms with Gasteiger partial charge in [0.05, 0.1) is 24.8 Å². The Morgan fingerprint density at radius 1 is 1.30 bits per heavy atom. The van der Waals surface area contributed by atoms with Gasteiger partial charge in [-0.25, -0.2) is 9.67 Å². The van der Waals surface area contributed by atoms with Crippen molar-refractivity contribution in [2.24, 2.45) is 5.92 Å². The minimum Gasteiger partial charge on any atom is -0.373 e. The smallest absolute Gasteiger partial charge is 0.241 e. The van der Waals surface area contributed by atoms with Gasteiger partial charge in [-0.05, 0) is 37.5 Å². The first-order valence-corrected chi connectivity index (χ1v) is 9.54. The fraction of sp³-hybridized carbons (Fsp3) is 0.550. The molecule has 0 saturated carbocycles. The zero-order chi connectivity index (χ0) is 19.4. The van der Waals surface area contributed by atoms with Gasteiger partial charge in [0.25, 0.3) is 0 Å². The van der Waals surface area contributed by atoms with Crippen molar-refractivity contribution in [2.75, 3.05) is 18.4 Å². The lowest BCUT2D eigenvalue weighted by Crippen LogP contribution is -2.55. The predicted molar refractivity (Wildman–Crippen MR) is 104 cm³/mol. The summed E-state index contributed by atoms with van der Waals surface area (Å²) in [5.41, 5.74) is 1.87. The summed E-state index contributed by atoms with van der Waals surface area (Å²) in [6, 6.07) is 7.69. The lowest BCUT2D eigenvalue weighted by Gasteiger charge is -2.41. The third-order valence-electron chi connectivity index (χ3n) is 4.75. The molecule has 0 bridgehead atoms. The number of nitrogens with zero attached hydrogens (tertiary/aromatic N) is 4. The summed E-state index contributed by atoms with van der Waals surface area (Å²) in [7, 11) is 0. The highest BCUT2D eigenvalue weighted by Crippen LogP contribution is 2.21. The number of carbonyl (C=O) groups is 1. The number of amides is 1. The molecule has 2 aromatic rings. The minimum absolute atomic E-state index is 0.0317. The number of nitrogens with one attached hydrogen (secondary N) is 1. The molecule has 3 rings (SSSR count). The second kappa shape index (κ2) is 8.63. The van der Waals surface area contributed by atoms with Crippen molar-refractivity contribution in [3.63, 3.8) is 0 Å². The van der Waals surface area contributed by atoms with Crippen LogP contribution in [0, 0.1) is 5.92 Å². The van der Waals surface area contributed by atoms with E-state index in [0.29, 0.717) is 6.54 Å². The first-order valence-electron chi connectivity index (χ1n) is 9.54. The van der Waals surface area contributed by atoms with Crippen LogP contribution in [-0.4, -0.2) is 56.9 Å². The molecule has 1 aliphatic heterocycles. The molecule has 0 spiro atoms. The summed E-state index contributed by atoms with van der Waals surface area (Å²) < 4.78 is 7.58. The molecule has 27 heavy (non-hydrogen) atoms. The van der Waals surface area contributed by atoms with Gasteiger partial charge in [-0.3, -0.25) is 9.69 Å². The van der Waals surface area contributed by atoms with E-state index in [1.54, 1.807) is 11.0 Å². The van der Waals surface area contributed by atoms with Crippen molar-refractivity contribution in [1.29, 1.82) is 0 Å². The number of anilines is 1. The molecule has 1 aromatic heterocycles. The minimum atomic E-state index is -0.183. The van der Waals surface area contributed by atoms with Crippen LogP contribution >= 0.6 is 0 Å². The topological polar surface area (TPSA) is 72.3 Å². The van der Waals surface area contributed by atoms with Gasteiger partial charge in [-0.1, -0.05) is 26.0 Å². The normalized spacial score (nSPS) is 22.0. The lowest BCUT2D eigenvalue weighted by molar-refractivity contribution is -0.130. The molecule has 1 amide bonds. The maximum atomic E-state index is 13.1. The van der Waals surface area contributed by atoms with E-state index < -0.39 is 0 Å². The first-order chi connectivity index (χ1) is 12.9. The Morgan fingerprint density at radius 2 is 2.04 bits per heavy atom. The van der Waals surface area contributed by atoms with Crippen LogP contribution in [0.5, 0.6) is 0 Å². The van der Waals surface area contributed by atoms with Gasteiger partial charge < -0.3 is 10.1 Å². The number of aromatic nitrogens is 3. The van der Waals surface area contributed by atoms with Crippen molar-refractivity contribution >= 4 is 11.6 Å². The Kier molecular flexibility index (Phi) is 6.23. The standard InChI is InChI=1S/C20H29N5O2/c1-14(2)19(24-9-15(3)27-16(4)10-24)20(26)23-18-7-5-6-17(8-18)11-25-13-21-12-22-25/h5-8,12-16,19H,9-11H2,1-4H3,(H,23,26)/t15-,16+,19-/m0/s1.